The van der Waals surface area contributed by atoms with E-state index in [4.69, 9.17) is 5.73 Å². The number of aromatic carboxylic acids is 1. The molecule has 0 aliphatic carbocycles. The van der Waals surface area contributed by atoms with Crippen molar-refractivity contribution in [3.8, 4) is 0 Å². The molecule has 4 N–H and O–H groups in total. The summed E-state index contributed by atoms with van der Waals surface area (Å²) >= 11 is 0. The SMILES string of the molecule is COC(=O)NC1CCN(c2ccc(F)c(N)c2C(=O)O)C1. The first kappa shape index (κ1) is 14.9. The van der Waals surface area contributed by atoms with Crippen LogP contribution < -0.4 is 16.0 Å². The van der Waals surface area contributed by atoms with Crippen molar-refractivity contribution in [2.24, 2.45) is 0 Å². The second-order valence-electron chi connectivity index (χ2n) is 4.73. The summed E-state index contributed by atoms with van der Waals surface area (Å²) in [5, 5.41) is 11.9. The van der Waals surface area contributed by atoms with Crippen molar-refractivity contribution in [3.63, 3.8) is 0 Å². The molecule has 1 aliphatic heterocycles. The lowest BCUT2D eigenvalue weighted by atomic mass is 10.1. The summed E-state index contributed by atoms with van der Waals surface area (Å²) in [6.45, 7) is 0.931. The molecule has 0 aromatic heterocycles. The number of hydrogen-bond donors (Lipinski definition) is 3. The maximum absolute atomic E-state index is 13.4. The van der Waals surface area contributed by atoms with Gasteiger partial charge in [0.05, 0.1) is 24.5 Å². The number of carboxylic acid groups (broad SMARTS) is 1. The van der Waals surface area contributed by atoms with Crippen LogP contribution in [0.15, 0.2) is 12.1 Å². The highest BCUT2D eigenvalue weighted by molar-refractivity contribution is 6.00. The molecule has 1 atom stereocenters. The molecule has 2 rings (SSSR count). The van der Waals surface area contributed by atoms with Crippen molar-refractivity contribution in [2.75, 3.05) is 30.8 Å². The highest BCUT2D eigenvalue weighted by Crippen LogP contribution is 2.30. The Balaban J connectivity index is 2.22. The van der Waals surface area contributed by atoms with Crippen molar-refractivity contribution in [1.82, 2.24) is 5.32 Å². The summed E-state index contributed by atoms with van der Waals surface area (Å²) in [6, 6.07) is 2.36. The fourth-order valence-corrected chi connectivity index (χ4v) is 2.39. The van der Waals surface area contributed by atoms with E-state index in [0.717, 1.165) is 6.07 Å². The summed E-state index contributed by atoms with van der Waals surface area (Å²) < 4.78 is 17.9. The molecule has 1 aromatic rings. The number of carbonyl (C=O) groups excluding carboxylic acids is 1. The number of nitrogens with one attached hydrogen (secondary N) is 1. The van der Waals surface area contributed by atoms with Gasteiger partial charge in [-0.15, -0.1) is 0 Å². The Morgan fingerprint density at radius 2 is 2.24 bits per heavy atom. The van der Waals surface area contributed by atoms with Gasteiger partial charge in [-0.3, -0.25) is 0 Å². The molecule has 1 fully saturated rings. The molecule has 114 valence electrons. The average molecular weight is 297 g/mol. The zero-order chi connectivity index (χ0) is 15.6. The van der Waals surface area contributed by atoms with E-state index in [2.05, 4.69) is 10.1 Å². The molecule has 1 saturated heterocycles. The Morgan fingerprint density at radius 1 is 1.52 bits per heavy atom. The van der Waals surface area contributed by atoms with Gasteiger partial charge in [-0.25, -0.2) is 14.0 Å². The van der Waals surface area contributed by atoms with Crippen molar-refractivity contribution in [1.29, 1.82) is 0 Å². The number of anilines is 2. The fourth-order valence-electron chi connectivity index (χ4n) is 2.39. The number of amides is 1. The quantitative estimate of drug-likeness (QED) is 0.720. The van der Waals surface area contributed by atoms with E-state index in [0.29, 0.717) is 25.2 Å². The lowest BCUT2D eigenvalue weighted by molar-refractivity contribution is 0.0698. The molecule has 1 heterocycles. The van der Waals surface area contributed by atoms with Crippen molar-refractivity contribution >= 4 is 23.4 Å². The molecular weight excluding hydrogens is 281 g/mol. The van der Waals surface area contributed by atoms with Crippen LogP contribution in [0, 0.1) is 5.82 Å². The molecule has 0 radical (unpaired) electrons. The first-order valence-electron chi connectivity index (χ1n) is 6.34. The van der Waals surface area contributed by atoms with E-state index in [1.165, 1.54) is 13.2 Å². The lowest BCUT2D eigenvalue weighted by Crippen LogP contribution is -2.37. The van der Waals surface area contributed by atoms with E-state index < -0.39 is 17.9 Å². The molecule has 7 nitrogen and oxygen atoms in total. The highest BCUT2D eigenvalue weighted by Gasteiger charge is 2.28. The third kappa shape index (κ3) is 2.99. The zero-order valence-electron chi connectivity index (χ0n) is 11.4. The van der Waals surface area contributed by atoms with Crippen LogP contribution in [0.2, 0.25) is 0 Å². The second kappa shape index (κ2) is 5.86. The van der Waals surface area contributed by atoms with Gasteiger partial charge in [0, 0.05) is 13.1 Å². The van der Waals surface area contributed by atoms with Gasteiger partial charge in [-0.2, -0.15) is 0 Å². The van der Waals surface area contributed by atoms with Gasteiger partial charge in [0.25, 0.3) is 0 Å². The monoisotopic (exact) mass is 297 g/mol. The summed E-state index contributed by atoms with van der Waals surface area (Å²) in [4.78, 5) is 24.2. The molecule has 1 aromatic carbocycles. The van der Waals surface area contributed by atoms with Gasteiger partial charge in [0.1, 0.15) is 11.4 Å². The summed E-state index contributed by atoms with van der Waals surface area (Å²) in [5.41, 5.74) is 5.22. The predicted molar refractivity (Wildman–Crippen MR) is 73.9 cm³/mol. The first-order valence-corrected chi connectivity index (χ1v) is 6.34. The molecular formula is C13H16FN3O4. The van der Waals surface area contributed by atoms with E-state index in [1.54, 1.807) is 4.90 Å². The zero-order valence-corrected chi connectivity index (χ0v) is 11.4. The van der Waals surface area contributed by atoms with Crippen LogP contribution in [-0.4, -0.2) is 43.4 Å². The highest BCUT2D eigenvalue weighted by atomic mass is 19.1. The maximum atomic E-state index is 13.4. The molecule has 1 amide bonds. The number of hydrogen-bond acceptors (Lipinski definition) is 5. The minimum absolute atomic E-state index is 0.162. The van der Waals surface area contributed by atoms with Crippen LogP contribution >= 0.6 is 0 Å². The largest absolute Gasteiger partial charge is 0.478 e. The number of ether oxygens (including phenoxy) is 1. The Labute approximate surface area is 120 Å². The molecule has 1 aliphatic rings. The predicted octanol–water partition coefficient (Wildman–Crippen LogP) is 1.04. The molecule has 0 bridgehead atoms. The van der Waals surface area contributed by atoms with Crippen molar-refractivity contribution in [2.45, 2.75) is 12.5 Å². The van der Waals surface area contributed by atoms with Gasteiger partial charge in [-0.1, -0.05) is 0 Å². The van der Waals surface area contributed by atoms with Gasteiger partial charge in [0.15, 0.2) is 0 Å². The summed E-state index contributed by atoms with van der Waals surface area (Å²) in [5.74, 6) is -2.05. The van der Waals surface area contributed by atoms with E-state index >= 15 is 0 Å². The number of nitrogens with zero attached hydrogens (tertiary/aromatic N) is 1. The topological polar surface area (TPSA) is 105 Å². The maximum Gasteiger partial charge on any atom is 0.407 e. The fraction of sp³-hybridized carbons (Fsp3) is 0.385. The number of methoxy groups -OCH3 is 1. The number of alkyl carbamates (subject to hydrolysis) is 1. The number of nitrogens with two attached hydrogens (primary N) is 1. The van der Waals surface area contributed by atoms with Crippen LogP contribution in [0.1, 0.15) is 16.8 Å². The van der Waals surface area contributed by atoms with Gasteiger partial charge in [0.2, 0.25) is 0 Å². The molecule has 0 spiro atoms. The number of rotatable bonds is 3. The van der Waals surface area contributed by atoms with E-state index in [9.17, 15) is 19.1 Å². The van der Waals surface area contributed by atoms with Crippen molar-refractivity contribution < 1.29 is 23.8 Å². The smallest absolute Gasteiger partial charge is 0.407 e. The summed E-state index contributed by atoms with van der Waals surface area (Å²) in [6.07, 6.45) is 0.0877. The Hall–Kier alpha value is -2.51. The molecule has 1 unspecified atom stereocenters. The van der Waals surface area contributed by atoms with Gasteiger partial charge < -0.3 is 25.8 Å². The lowest BCUT2D eigenvalue weighted by Gasteiger charge is -2.22. The number of benzene rings is 1. The van der Waals surface area contributed by atoms with Crippen molar-refractivity contribution in [3.05, 3.63) is 23.5 Å². The summed E-state index contributed by atoms with van der Waals surface area (Å²) in [7, 11) is 1.27. The molecule has 0 saturated carbocycles. The minimum atomic E-state index is -1.29. The van der Waals surface area contributed by atoms with E-state index in [-0.39, 0.29) is 17.3 Å². The van der Waals surface area contributed by atoms with Gasteiger partial charge in [-0.05, 0) is 18.6 Å². The number of nitrogen functional groups attached to an aromatic ring is 1. The minimum Gasteiger partial charge on any atom is -0.478 e. The Bertz CT molecular complexity index is 579. The second-order valence-corrected chi connectivity index (χ2v) is 4.73. The van der Waals surface area contributed by atoms with E-state index in [1.807, 2.05) is 0 Å². The third-order valence-corrected chi connectivity index (χ3v) is 3.42. The molecule has 8 heteroatoms. The average Bonchev–Trinajstić information content (AvgIpc) is 2.89. The third-order valence-electron chi connectivity index (χ3n) is 3.42. The van der Waals surface area contributed by atoms with Gasteiger partial charge >= 0.3 is 12.1 Å². The van der Waals surface area contributed by atoms with Crippen LogP contribution in [0.25, 0.3) is 0 Å². The number of carboxylic acids is 1. The van der Waals surface area contributed by atoms with Crippen LogP contribution in [0.3, 0.4) is 0 Å². The number of halogens is 1. The Kier molecular flexibility index (Phi) is 4.15. The van der Waals surface area contributed by atoms with Crippen LogP contribution in [-0.2, 0) is 4.74 Å². The normalized spacial score (nSPS) is 17.6. The van der Waals surface area contributed by atoms with Crippen LogP contribution in [0.4, 0.5) is 20.6 Å². The number of carbonyl (C=O) groups is 2. The standard InChI is InChI=1S/C13H16FN3O4/c1-21-13(20)16-7-4-5-17(6-7)9-3-2-8(14)11(15)10(9)12(18)19/h2-3,7H,4-6,15H2,1H3,(H,16,20)(H,18,19). The van der Waals surface area contributed by atoms with Crippen LogP contribution in [0.5, 0.6) is 0 Å². The first-order chi connectivity index (χ1) is 9.93. The Morgan fingerprint density at radius 3 is 2.86 bits per heavy atom. The molecule has 21 heavy (non-hydrogen) atoms.